The van der Waals surface area contributed by atoms with Crippen molar-refractivity contribution in [2.24, 2.45) is 0 Å². The second kappa shape index (κ2) is 8.05. The minimum atomic E-state index is -0.257. The summed E-state index contributed by atoms with van der Waals surface area (Å²) in [4.78, 5) is 17.0. The Labute approximate surface area is 143 Å². The van der Waals surface area contributed by atoms with Crippen LogP contribution in [0.3, 0.4) is 0 Å². The molecule has 2 heterocycles. The van der Waals surface area contributed by atoms with Crippen molar-refractivity contribution in [3.05, 3.63) is 35.6 Å². The van der Waals surface area contributed by atoms with Crippen molar-refractivity contribution in [2.45, 2.75) is 25.4 Å². The molecule has 5 nitrogen and oxygen atoms in total. The number of amides is 1. The van der Waals surface area contributed by atoms with Crippen molar-refractivity contribution < 1.29 is 9.18 Å². The maximum Gasteiger partial charge on any atom is 0.234 e. The summed E-state index contributed by atoms with van der Waals surface area (Å²) >= 11 is 0. The van der Waals surface area contributed by atoms with Crippen LogP contribution in [0, 0.1) is 5.82 Å². The van der Waals surface area contributed by atoms with Crippen LogP contribution >= 0.6 is 0 Å². The van der Waals surface area contributed by atoms with Gasteiger partial charge >= 0.3 is 0 Å². The van der Waals surface area contributed by atoms with E-state index in [1.165, 1.54) is 18.6 Å². The molecule has 2 fully saturated rings. The fraction of sp³-hybridized carbons (Fsp3) is 0.611. The average molecular weight is 334 g/mol. The third-order valence-electron chi connectivity index (χ3n) is 5.07. The van der Waals surface area contributed by atoms with Crippen molar-refractivity contribution in [2.75, 3.05) is 45.8 Å². The zero-order valence-corrected chi connectivity index (χ0v) is 14.3. The van der Waals surface area contributed by atoms with E-state index in [4.69, 9.17) is 0 Å². The van der Waals surface area contributed by atoms with Gasteiger partial charge in [-0.05, 0) is 37.6 Å². The molecule has 0 radical (unpaired) electrons. The highest BCUT2D eigenvalue weighted by Crippen LogP contribution is 2.14. The van der Waals surface area contributed by atoms with Crippen LogP contribution < -0.4 is 10.6 Å². The maximum absolute atomic E-state index is 13.0. The average Bonchev–Trinajstić information content (AvgIpc) is 3.10. The Morgan fingerprint density at radius 2 is 2.00 bits per heavy atom. The number of hydrogen-bond acceptors (Lipinski definition) is 4. The van der Waals surface area contributed by atoms with Gasteiger partial charge in [-0.25, -0.2) is 4.39 Å². The summed E-state index contributed by atoms with van der Waals surface area (Å²) in [5, 5.41) is 6.41. The van der Waals surface area contributed by atoms with E-state index < -0.39 is 0 Å². The zero-order chi connectivity index (χ0) is 16.9. The molecule has 0 saturated carbocycles. The number of piperazine rings is 1. The number of carbonyl (C=O) groups excluding carboxylic acids is 1. The first-order chi connectivity index (χ1) is 11.6. The molecule has 2 atom stereocenters. The molecule has 0 spiro atoms. The highest BCUT2D eigenvalue weighted by Gasteiger charge is 2.26. The van der Waals surface area contributed by atoms with E-state index in [2.05, 4.69) is 20.4 Å². The van der Waals surface area contributed by atoms with Gasteiger partial charge in [0.15, 0.2) is 0 Å². The molecule has 2 unspecified atom stereocenters. The molecule has 2 aliphatic heterocycles. The summed E-state index contributed by atoms with van der Waals surface area (Å²) in [6.45, 7) is 8.52. The Morgan fingerprint density at radius 1 is 1.29 bits per heavy atom. The Kier molecular flexibility index (Phi) is 5.81. The lowest BCUT2D eigenvalue weighted by molar-refractivity contribution is -0.123. The van der Waals surface area contributed by atoms with E-state index >= 15 is 0 Å². The number of carbonyl (C=O) groups is 1. The molecule has 0 aromatic heterocycles. The lowest BCUT2D eigenvalue weighted by Crippen LogP contribution is -2.52. The van der Waals surface area contributed by atoms with Crippen molar-refractivity contribution in [1.29, 1.82) is 0 Å². The summed E-state index contributed by atoms with van der Waals surface area (Å²) in [6, 6.07) is 6.84. The molecule has 2 N–H and O–H groups in total. The smallest absolute Gasteiger partial charge is 0.234 e. The van der Waals surface area contributed by atoms with Crippen molar-refractivity contribution in [1.82, 2.24) is 20.4 Å². The van der Waals surface area contributed by atoms with Crippen LogP contribution in [0.1, 0.15) is 24.9 Å². The monoisotopic (exact) mass is 334 g/mol. The van der Waals surface area contributed by atoms with E-state index in [-0.39, 0.29) is 17.8 Å². The summed E-state index contributed by atoms with van der Waals surface area (Å²) in [5.41, 5.74) is 0.920. The fourth-order valence-electron chi connectivity index (χ4n) is 3.56. The van der Waals surface area contributed by atoms with Crippen molar-refractivity contribution >= 4 is 5.91 Å². The SMILES string of the molecule is CC(NC(=O)CN1CCN(C2CCNC2)CC1)c1ccc(F)cc1. The van der Waals surface area contributed by atoms with Gasteiger partial charge in [0.25, 0.3) is 0 Å². The number of halogens is 1. The van der Waals surface area contributed by atoms with Crippen molar-refractivity contribution in [3.63, 3.8) is 0 Å². The van der Waals surface area contributed by atoms with Gasteiger partial charge in [0.1, 0.15) is 5.82 Å². The molecule has 2 aliphatic rings. The lowest BCUT2D eigenvalue weighted by Gasteiger charge is -2.37. The van der Waals surface area contributed by atoms with Gasteiger partial charge in [0, 0.05) is 38.8 Å². The third-order valence-corrected chi connectivity index (χ3v) is 5.07. The van der Waals surface area contributed by atoms with E-state index in [9.17, 15) is 9.18 Å². The lowest BCUT2D eigenvalue weighted by atomic mass is 10.1. The normalized spacial score (nSPS) is 24.0. The fourth-order valence-corrected chi connectivity index (χ4v) is 3.56. The molecule has 132 valence electrons. The summed E-state index contributed by atoms with van der Waals surface area (Å²) in [6.07, 6.45) is 1.23. The van der Waals surface area contributed by atoms with E-state index in [0.717, 1.165) is 44.8 Å². The molecule has 1 amide bonds. The molecule has 24 heavy (non-hydrogen) atoms. The van der Waals surface area contributed by atoms with Crippen LogP contribution in [0.15, 0.2) is 24.3 Å². The van der Waals surface area contributed by atoms with Gasteiger partial charge in [-0.15, -0.1) is 0 Å². The van der Waals surface area contributed by atoms with Gasteiger partial charge in [-0.1, -0.05) is 12.1 Å². The molecule has 1 aromatic rings. The second-order valence-electron chi connectivity index (χ2n) is 6.80. The van der Waals surface area contributed by atoms with Crippen LogP contribution in [-0.4, -0.2) is 67.6 Å². The van der Waals surface area contributed by atoms with E-state index in [0.29, 0.717) is 12.6 Å². The first-order valence-corrected chi connectivity index (χ1v) is 8.84. The van der Waals surface area contributed by atoms with E-state index in [1.54, 1.807) is 12.1 Å². The summed E-state index contributed by atoms with van der Waals surface area (Å²) < 4.78 is 13.0. The number of nitrogens with one attached hydrogen (secondary N) is 2. The van der Waals surface area contributed by atoms with Gasteiger partial charge in [0.2, 0.25) is 5.91 Å². The molecule has 0 bridgehead atoms. The second-order valence-corrected chi connectivity index (χ2v) is 6.80. The standard InChI is InChI=1S/C18H27FN4O/c1-14(15-2-4-16(19)5-3-15)21-18(24)13-22-8-10-23(11-9-22)17-6-7-20-12-17/h2-5,14,17,20H,6-13H2,1H3,(H,21,24). The van der Waals surface area contributed by atoms with Gasteiger partial charge < -0.3 is 10.6 Å². The van der Waals surface area contributed by atoms with E-state index in [1.807, 2.05) is 6.92 Å². The highest BCUT2D eigenvalue weighted by molar-refractivity contribution is 5.78. The van der Waals surface area contributed by atoms with Crippen LogP contribution in [0.5, 0.6) is 0 Å². The van der Waals surface area contributed by atoms with Gasteiger partial charge in [-0.3, -0.25) is 14.6 Å². The third kappa shape index (κ3) is 4.53. The molecular weight excluding hydrogens is 307 g/mol. The highest BCUT2D eigenvalue weighted by atomic mass is 19.1. The summed E-state index contributed by atoms with van der Waals surface area (Å²) in [7, 11) is 0. The predicted molar refractivity (Wildman–Crippen MR) is 92.2 cm³/mol. The molecule has 1 aromatic carbocycles. The molecule has 2 saturated heterocycles. The van der Waals surface area contributed by atoms with Crippen molar-refractivity contribution in [3.8, 4) is 0 Å². The number of rotatable bonds is 5. The van der Waals surface area contributed by atoms with Crippen LogP contribution in [0.25, 0.3) is 0 Å². The minimum absolute atomic E-state index is 0.0304. The zero-order valence-electron chi connectivity index (χ0n) is 14.3. The molecular formula is C18H27FN4O. The topological polar surface area (TPSA) is 47.6 Å². The number of hydrogen-bond donors (Lipinski definition) is 2. The van der Waals surface area contributed by atoms with Crippen LogP contribution in [0.2, 0.25) is 0 Å². The van der Waals surface area contributed by atoms with Crippen LogP contribution in [-0.2, 0) is 4.79 Å². The number of benzene rings is 1. The minimum Gasteiger partial charge on any atom is -0.348 e. The summed E-state index contributed by atoms with van der Waals surface area (Å²) in [5.74, 6) is -0.226. The first kappa shape index (κ1) is 17.3. The first-order valence-electron chi connectivity index (χ1n) is 8.84. The molecule has 3 rings (SSSR count). The van der Waals surface area contributed by atoms with Gasteiger partial charge in [0.05, 0.1) is 12.6 Å². The Bertz CT molecular complexity index is 536. The number of nitrogens with zero attached hydrogens (tertiary/aromatic N) is 2. The Morgan fingerprint density at radius 3 is 2.62 bits per heavy atom. The largest absolute Gasteiger partial charge is 0.348 e. The molecule has 0 aliphatic carbocycles. The van der Waals surface area contributed by atoms with Gasteiger partial charge in [-0.2, -0.15) is 0 Å². The quantitative estimate of drug-likeness (QED) is 0.843. The predicted octanol–water partition coefficient (Wildman–Crippen LogP) is 0.982. The molecule has 6 heteroatoms. The maximum atomic E-state index is 13.0. The Balaban J connectivity index is 1.41. The Hall–Kier alpha value is -1.50. The van der Waals surface area contributed by atoms with Crippen LogP contribution in [0.4, 0.5) is 4.39 Å².